The third-order valence-electron chi connectivity index (χ3n) is 1.31. The predicted molar refractivity (Wildman–Crippen MR) is 49.3 cm³/mol. The molecule has 1 aliphatic heterocycles. The Bertz CT molecular complexity index is 203. The molecule has 1 aliphatic rings. The minimum atomic E-state index is -3.72. The zero-order valence-corrected chi connectivity index (χ0v) is 8.66. The number of nitrogens with one attached hydrogen (secondary N) is 1. The minimum absolute atomic E-state index is 0.0972. The van der Waals surface area contributed by atoms with Crippen molar-refractivity contribution in [2.75, 3.05) is 24.2 Å². The van der Waals surface area contributed by atoms with Gasteiger partial charge in [0.15, 0.2) is 0 Å². The van der Waals surface area contributed by atoms with Crippen LogP contribution in [-0.4, -0.2) is 37.2 Å². The first kappa shape index (κ1) is 12.4. The topological polar surface area (TPSA) is 66.4 Å². The molecule has 1 fully saturated rings. The molecular formula is C5H11Cl2NO3S. The van der Waals surface area contributed by atoms with E-state index >= 15 is 0 Å². The fraction of sp³-hybridized carbons (Fsp3) is 1.00. The van der Waals surface area contributed by atoms with E-state index in [9.17, 15) is 8.42 Å². The van der Waals surface area contributed by atoms with Gasteiger partial charge in [-0.1, -0.05) is 0 Å². The summed E-state index contributed by atoms with van der Waals surface area (Å²) in [5.74, 6) is 0.0278. The van der Waals surface area contributed by atoms with Gasteiger partial charge in [-0.25, -0.2) is 0 Å². The van der Waals surface area contributed by atoms with Crippen LogP contribution in [0.4, 0.5) is 0 Å². The molecule has 4 nitrogen and oxygen atoms in total. The maximum Gasteiger partial charge on any atom is 0.265 e. The lowest BCUT2D eigenvalue weighted by molar-refractivity contribution is 0.366. The molecule has 0 aromatic rings. The highest BCUT2D eigenvalue weighted by atomic mass is 35.5. The third-order valence-corrected chi connectivity index (χ3v) is 2.20. The highest BCUT2D eigenvalue weighted by Crippen LogP contribution is 2.04. The van der Waals surface area contributed by atoms with E-state index in [4.69, 9.17) is 27.8 Å². The van der Waals surface area contributed by atoms with Gasteiger partial charge in [-0.15, -0.1) is 23.2 Å². The van der Waals surface area contributed by atoms with Gasteiger partial charge in [0.05, 0.1) is 11.1 Å². The van der Waals surface area contributed by atoms with Crippen LogP contribution in [0.2, 0.25) is 0 Å². The second-order valence-corrected chi connectivity index (χ2v) is 4.68. The van der Waals surface area contributed by atoms with Gasteiger partial charge in [-0.05, 0) is 0 Å². The van der Waals surface area contributed by atoms with Gasteiger partial charge in [-0.3, -0.25) is 4.55 Å². The van der Waals surface area contributed by atoms with Crippen molar-refractivity contribution in [1.29, 1.82) is 0 Å². The second kappa shape index (κ2) is 5.99. The second-order valence-electron chi connectivity index (χ2n) is 2.37. The highest BCUT2D eigenvalue weighted by Gasteiger charge is 2.22. The molecule has 0 saturated carbocycles. The zero-order chi connectivity index (χ0) is 9.61. The molecule has 74 valence electrons. The van der Waals surface area contributed by atoms with Crippen molar-refractivity contribution in [1.82, 2.24) is 5.32 Å². The van der Waals surface area contributed by atoms with Gasteiger partial charge < -0.3 is 5.32 Å². The molecule has 1 saturated heterocycles. The lowest BCUT2D eigenvalue weighted by Gasteiger charge is -2.25. The molecule has 0 unspecified atom stereocenters. The number of hydrogen-bond acceptors (Lipinski definition) is 3. The van der Waals surface area contributed by atoms with Crippen LogP contribution in [0, 0.1) is 5.92 Å². The molecule has 0 aliphatic carbocycles. The fourth-order valence-electron chi connectivity index (χ4n) is 0.764. The van der Waals surface area contributed by atoms with Crippen LogP contribution < -0.4 is 5.32 Å². The van der Waals surface area contributed by atoms with Crippen molar-refractivity contribution in [2.45, 2.75) is 0 Å². The minimum Gasteiger partial charge on any atom is -0.316 e. The lowest BCUT2D eigenvalue weighted by atomic mass is 10.1. The summed E-state index contributed by atoms with van der Waals surface area (Å²) in [6, 6.07) is 0. The first-order valence-corrected chi connectivity index (χ1v) is 5.95. The molecule has 0 radical (unpaired) electrons. The monoisotopic (exact) mass is 235 g/mol. The Morgan fingerprint density at radius 2 is 1.83 bits per heavy atom. The van der Waals surface area contributed by atoms with Crippen LogP contribution in [0.25, 0.3) is 0 Å². The van der Waals surface area contributed by atoms with Gasteiger partial charge in [0, 0.05) is 19.0 Å². The van der Waals surface area contributed by atoms with Crippen molar-refractivity contribution in [3.05, 3.63) is 0 Å². The summed E-state index contributed by atoms with van der Waals surface area (Å²) in [5.41, 5.74) is 0. The molecule has 12 heavy (non-hydrogen) atoms. The average Bonchev–Trinajstić information content (AvgIpc) is 1.79. The molecule has 1 rings (SSSR count). The van der Waals surface area contributed by atoms with E-state index in [1.165, 1.54) is 0 Å². The Morgan fingerprint density at radius 1 is 1.42 bits per heavy atom. The summed E-state index contributed by atoms with van der Waals surface area (Å²) in [6.45, 7) is 1.42. The lowest BCUT2D eigenvalue weighted by Crippen LogP contribution is -2.45. The van der Waals surface area contributed by atoms with Gasteiger partial charge in [-0.2, -0.15) is 8.42 Å². The number of hydrogen-bond donors (Lipinski definition) is 2. The average molecular weight is 236 g/mol. The Morgan fingerprint density at radius 3 is 1.92 bits per heavy atom. The van der Waals surface area contributed by atoms with E-state index in [1.807, 2.05) is 0 Å². The number of halogens is 2. The van der Waals surface area contributed by atoms with Crippen LogP contribution >= 0.6 is 23.2 Å². The van der Waals surface area contributed by atoms with Gasteiger partial charge in [0.1, 0.15) is 0 Å². The summed E-state index contributed by atoms with van der Waals surface area (Å²) >= 11 is 9.53. The van der Waals surface area contributed by atoms with E-state index in [-0.39, 0.29) is 17.0 Å². The van der Waals surface area contributed by atoms with Crippen LogP contribution in [0.3, 0.4) is 0 Å². The smallest absolute Gasteiger partial charge is 0.265 e. The molecule has 7 heteroatoms. The van der Waals surface area contributed by atoms with Crippen molar-refractivity contribution >= 4 is 33.3 Å². The molecular weight excluding hydrogens is 225 g/mol. The maximum absolute atomic E-state index is 10.2. The highest BCUT2D eigenvalue weighted by molar-refractivity contribution is 7.85. The summed E-state index contributed by atoms with van der Waals surface area (Å²) in [6.07, 6.45) is 0. The largest absolute Gasteiger partial charge is 0.316 e. The quantitative estimate of drug-likeness (QED) is 0.541. The van der Waals surface area contributed by atoms with E-state index < -0.39 is 10.1 Å². The standard InChI is InChI=1S/C4H9NO3S.CH2Cl2/c6-9(7,8)3-4-1-5-2-4;2-1-3/h4-5H,1-3H2,(H,6,7,8);1H2. The Labute approximate surface area is 82.0 Å². The van der Waals surface area contributed by atoms with E-state index in [0.29, 0.717) is 13.1 Å². The summed E-state index contributed by atoms with van der Waals surface area (Å²) in [7, 11) is -3.72. The maximum atomic E-state index is 10.2. The first-order valence-electron chi connectivity index (χ1n) is 3.27. The molecule has 0 atom stereocenters. The third kappa shape index (κ3) is 7.12. The van der Waals surface area contributed by atoms with Crippen molar-refractivity contribution in [3.63, 3.8) is 0 Å². The molecule has 0 aromatic heterocycles. The summed E-state index contributed by atoms with van der Waals surface area (Å²) < 4.78 is 28.6. The summed E-state index contributed by atoms with van der Waals surface area (Å²) in [4.78, 5) is 0. The van der Waals surface area contributed by atoms with Crippen molar-refractivity contribution in [3.8, 4) is 0 Å². The molecule has 0 amide bonds. The molecule has 0 spiro atoms. The van der Waals surface area contributed by atoms with Crippen LogP contribution in [0.5, 0.6) is 0 Å². The Balaban J connectivity index is 0.000000354. The van der Waals surface area contributed by atoms with E-state index in [0.717, 1.165) is 0 Å². The van der Waals surface area contributed by atoms with Crippen molar-refractivity contribution in [2.24, 2.45) is 5.92 Å². The first-order chi connectivity index (χ1) is 5.49. The van der Waals surface area contributed by atoms with Gasteiger partial charge in [0.25, 0.3) is 10.1 Å². The fourth-order valence-corrected chi connectivity index (χ4v) is 1.60. The molecule has 2 N–H and O–H groups in total. The van der Waals surface area contributed by atoms with Crippen LogP contribution in [-0.2, 0) is 10.1 Å². The normalized spacial score (nSPS) is 17.6. The van der Waals surface area contributed by atoms with Gasteiger partial charge >= 0.3 is 0 Å². The van der Waals surface area contributed by atoms with Crippen molar-refractivity contribution < 1.29 is 13.0 Å². The van der Waals surface area contributed by atoms with Crippen LogP contribution in [0.1, 0.15) is 0 Å². The van der Waals surface area contributed by atoms with Crippen LogP contribution in [0.15, 0.2) is 0 Å². The van der Waals surface area contributed by atoms with Gasteiger partial charge in [0.2, 0.25) is 0 Å². The zero-order valence-electron chi connectivity index (χ0n) is 6.33. The Hall–Kier alpha value is 0.450. The predicted octanol–water partition coefficient (Wildman–Crippen LogP) is 0.515. The molecule has 0 aromatic carbocycles. The summed E-state index contributed by atoms with van der Waals surface area (Å²) in [5, 5.41) is 3.10. The van der Waals surface area contributed by atoms with E-state index in [2.05, 4.69) is 5.32 Å². The SMILES string of the molecule is ClCCl.O=S(=O)(O)CC1CNC1. The number of rotatable bonds is 2. The number of alkyl halides is 2. The van der Waals surface area contributed by atoms with E-state index in [1.54, 1.807) is 0 Å². The Kier molecular flexibility index (Phi) is 6.21. The molecule has 1 heterocycles. The molecule has 0 bridgehead atoms.